The van der Waals surface area contributed by atoms with Crippen LogP contribution in [0.25, 0.3) is 0 Å². The first kappa shape index (κ1) is 12.6. The van der Waals surface area contributed by atoms with E-state index < -0.39 is 0 Å². The number of aryl methyl sites for hydroxylation is 2. The van der Waals surface area contributed by atoms with E-state index in [2.05, 4.69) is 15.6 Å². The highest BCUT2D eigenvalue weighted by Gasteiger charge is 2.05. The molecule has 2 amide bonds. The van der Waals surface area contributed by atoms with Crippen molar-refractivity contribution in [2.24, 2.45) is 0 Å². The number of anilines is 1. The van der Waals surface area contributed by atoms with Crippen molar-refractivity contribution in [3.8, 4) is 0 Å². The van der Waals surface area contributed by atoms with E-state index in [1.54, 1.807) is 0 Å². The Bertz CT molecular complexity index is 551. The van der Waals surface area contributed by atoms with Gasteiger partial charge in [-0.3, -0.25) is 5.32 Å². The highest BCUT2D eigenvalue weighted by Crippen LogP contribution is 2.14. The van der Waals surface area contributed by atoms with Gasteiger partial charge in [0.25, 0.3) is 0 Å². The van der Waals surface area contributed by atoms with Crippen LogP contribution in [0.4, 0.5) is 9.93 Å². The van der Waals surface area contributed by atoms with Crippen molar-refractivity contribution >= 4 is 22.5 Å². The minimum Gasteiger partial charge on any atom is -0.334 e. The van der Waals surface area contributed by atoms with E-state index >= 15 is 0 Å². The summed E-state index contributed by atoms with van der Waals surface area (Å²) in [6.07, 6.45) is 0. The Kier molecular flexibility index (Phi) is 3.94. The number of aromatic nitrogens is 1. The molecule has 1 heterocycles. The Morgan fingerprint density at radius 2 is 2.11 bits per heavy atom. The van der Waals surface area contributed by atoms with Gasteiger partial charge in [-0.15, -0.1) is 11.3 Å². The number of benzene rings is 1. The van der Waals surface area contributed by atoms with Crippen molar-refractivity contribution in [1.29, 1.82) is 0 Å². The standard InChI is InChI=1S/C13H15N3OS/c1-9-5-3-4-6-11(9)7-14-12(17)16-13-15-10(2)8-18-13/h3-6,8H,7H2,1-2H3,(H2,14,15,16,17). The lowest BCUT2D eigenvalue weighted by molar-refractivity contribution is 0.251. The molecule has 0 atom stereocenters. The van der Waals surface area contributed by atoms with Crippen molar-refractivity contribution in [1.82, 2.24) is 10.3 Å². The molecule has 0 saturated carbocycles. The first-order chi connectivity index (χ1) is 8.65. The summed E-state index contributed by atoms with van der Waals surface area (Å²) in [6.45, 7) is 4.44. The van der Waals surface area contributed by atoms with Gasteiger partial charge < -0.3 is 5.32 Å². The van der Waals surface area contributed by atoms with Crippen LogP contribution < -0.4 is 10.6 Å². The SMILES string of the molecule is Cc1csc(NC(=O)NCc2ccccc2C)n1. The summed E-state index contributed by atoms with van der Waals surface area (Å²) in [5.74, 6) is 0. The Balaban J connectivity index is 1.87. The first-order valence-corrected chi connectivity index (χ1v) is 6.54. The largest absolute Gasteiger partial charge is 0.334 e. The lowest BCUT2D eigenvalue weighted by Gasteiger charge is -2.07. The molecule has 18 heavy (non-hydrogen) atoms. The number of urea groups is 1. The van der Waals surface area contributed by atoms with Gasteiger partial charge in [0.1, 0.15) is 0 Å². The van der Waals surface area contributed by atoms with Crippen LogP contribution in [0, 0.1) is 13.8 Å². The summed E-state index contributed by atoms with van der Waals surface area (Å²) >= 11 is 1.42. The Morgan fingerprint density at radius 3 is 2.78 bits per heavy atom. The molecule has 0 fully saturated rings. The maximum atomic E-state index is 11.7. The topological polar surface area (TPSA) is 54.0 Å². The second-order valence-electron chi connectivity index (χ2n) is 4.03. The predicted molar refractivity (Wildman–Crippen MR) is 73.9 cm³/mol. The fourth-order valence-corrected chi connectivity index (χ4v) is 2.22. The van der Waals surface area contributed by atoms with Gasteiger partial charge in [0.2, 0.25) is 0 Å². The molecular weight excluding hydrogens is 246 g/mol. The molecule has 1 aromatic heterocycles. The van der Waals surface area contributed by atoms with Crippen molar-refractivity contribution < 1.29 is 4.79 Å². The average molecular weight is 261 g/mol. The minimum absolute atomic E-state index is 0.229. The van der Waals surface area contributed by atoms with E-state index in [4.69, 9.17) is 0 Å². The number of carbonyl (C=O) groups is 1. The van der Waals surface area contributed by atoms with Crippen molar-refractivity contribution in [3.63, 3.8) is 0 Å². The fourth-order valence-electron chi connectivity index (χ4n) is 1.54. The van der Waals surface area contributed by atoms with Gasteiger partial charge >= 0.3 is 6.03 Å². The molecule has 0 unspecified atom stereocenters. The maximum Gasteiger partial charge on any atom is 0.321 e. The van der Waals surface area contributed by atoms with Crippen LogP contribution in [0.2, 0.25) is 0 Å². The predicted octanol–water partition coefficient (Wildman–Crippen LogP) is 3.08. The van der Waals surface area contributed by atoms with Gasteiger partial charge in [0, 0.05) is 11.9 Å². The molecule has 0 aliphatic rings. The van der Waals surface area contributed by atoms with E-state index in [0.29, 0.717) is 11.7 Å². The highest BCUT2D eigenvalue weighted by atomic mass is 32.1. The fraction of sp³-hybridized carbons (Fsp3) is 0.231. The monoisotopic (exact) mass is 261 g/mol. The third-order valence-electron chi connectivity index (χ3n) is 2.54. The lowest BCUT2D eigenvalue weighted by atomic mass is 10.1. The summed E-state index contributed by atoms with van der Waals surface area (Å²) < 4.78 is 0. The van der Waals surface area contributed by atoms with Gasteiger partial charge in [0.15, 0.2) is 5.13 Å². The summed E-state index contributed by atoms with van der Waals surface area (Å²) in [5, 5.41) is 8.04. The number of rotatable bonds is 3. The Labute approximate surface area is 110 Å². The molecule has 0 aliphatic heterocycles. The molecule has 0 spiro atoms. The number of nitrogens with one attached hydrogen (secondary N) is 2. The number of amides is 2. The summed E-state index contributed by atoms with van der Waals surface area (Å²) in [7, 11) is 0. The van der Waals surface area contributed by atoms with Crippen LogP contribution in [-0.2, 0) is 6.54 Å². The van der Waals surface area contributed by atoms with Crippen molar-refractivity contribution in [2.75, 3.05) is 5.32 Å². The van der Waals surface area contributed by atoms with E-state index in [-0.39, 0.29) is 6.03 Å². The van der Waals surface area contributed by atoms with E-state index in [9.17, 15) is 4.79 Å². The maximum absolute atomic E-state index is 11.7. The third-order valence-corrected chi connectivity index (χ3v) is 3.42. The molecule has 2 aromatic rings. The second-order valence-corrected chi connectivity index (χ2v) is 4.89. The molecule has 2 N–H and O–H groups in total. The van der Waals surface area contributed by atoms with Crippen LogP contribution in [0.3, 0.4) is 0 Å². The quantitative estimate of drug-likeness (QED) is 0.892. The number of carbonyl (C=O) groups excluding carboxylic acids is 1. The zero-order chi connectivity index (χ0) is 13.0. The smallest absolute Gasteiger partial charge is 0.321 e. The summed E-state index contributed by atoms with van der Waals surface area (Å²) in [6, 6.07) is 7.75. The molecule has 5 heteroatoms. The van der Waals surface area contributed by atoms with Crippen LogP contribution in [0.1, 0.15) is 16.8 Å². The molecule has 0 radical (unpaired) electrons. The third kappa shape index (κ3) is 3.30. The zero-order valence-electron chi connectivity index (χ0n) is 10.4. The normalized spacial score (nSPS) is 10.1. The van der Waals surface area contributed by atoms with Gasteiger partial charge in [-0.25, -0.2) is 9.78 Å². The molecule has 0 bridgehead atoms. The van der Waals surface area contributed by atoms with Crippen molar-refractivity contribution in [2.45, 2.75) is 20.4 Å². The van der Waals surface area contributed by atoms with Crippen LogP contribution in [-0.4, -0.2) is 11.0 Å². The van der Waals surface area contributed by atoms with Crippen LogP contribution >= 0.6 is 11.3 Å². The molecule has 2 rings (SSSR count). The van der Waals surface area contributed by atoms with Gasteiger partial charge in [-0.2, -0.15) is 0 Å². The van der Waals surface area contributed by atoms with E-state index in [1.165, 1.54) is 16.9 Å². The molecule has 1 aromatic carbocycles. The van der Waals surface area contributed by atoms with Crippen LogP contribution in [0.5, 0.6) is 0 Å². The highest BCUT2D eigenvalue weighted by molar-refractivity contribution is 7.13. The van der Waals surface area contributed by atoms with Gasteiger partial charge in [-0.1, -0.05) is 24.3 Å². The van der Waals surface area contributed by atoms with Gasteiger partial charge in [-0.05, 0) is 25.0 Å². The van der Waals surface area contributed by atoms with E-state index in [0.717, 1.165) is 11.3 Å². The Hall–Kier alpha value is -1.88. The molecule has 0 saturated heterocycles. The number of hydrogen-bond acceptors (Lipinski definition) is 3. The van der Waals surface area contributed by atoms with E-state index in [1.807, 2.05) is 43.5 Å². The first-order valence-electron chi connectivity index (χ1n) is 5.66. The number of thiazole rings is 1. The van der Waals surface area contributed by atoms with Gasteiger partial charge in [0.05, 0.1) is 5.69 Å². The lowest BCUT2D eigenvalue weighted by Crippen LogP contribution is -2.28. The second kappa shape index (κ2) is 5.64. The number of hydrogen-bond donors (Lipinski definition) is 2. The van der Waals surface area contributed by atoms with Crippen molar-refractivity contribution in [3.05, 3.63) is 46.5 Å². The number of nitrogens with zero attached hydrogens (tertiary/aromatic N) is 1. The summed E-state index contributed by atoms with van der Waals surface area (Å²) in [4.78, 5) is 15.8. The molecular formula is C13H15N3OS. The summed E-state index contributed by atoms with van der Waals surface area (Å²) in [5.41, 5.74) is 3.19. The molecule has 0 aliphatic carbocycles. The Morgan fingerprint density at radius 1 is 1.33 bits per heavy atom. The average Bonchev–Trinajstić information content (AvgIpc) is 2.74. The molecule has 4 nitrogen and oxygen atoms in total. The zero-order valence-corrected chi connectivity index (χ0v) is 11.2. The van der Waals surface area contributed by atoms with Crippen LogP contribution in [0.15, 0.2) is 29.6 Å². The molecule has 94 valence electrons. The minimum atomic E-state index is -0.229.